The second kappa shape index (κ2) is 20.7. The van der Waals surface area contributed by atoms with Gasteiger partial charge in [0.25, 0.3) is 0 Å². The van der Waals surface area contributed by atoms with Crippen molar-refractivity contribution < 1.29 is 18.5 Å². The molecule has 6 aromatic carbocycles. The van der Waals surface area contributed by atoms with Crippen molar-refractivity contribution in [3.05, 3.63) is 132 Å². The summed E-state index contributed by atoms with van der Waals surface area (Å²) in [6.45, 7) is 24.4. The van der Waals surface area contributed by atoms with Gasteiger partial charge in [0, 0.05) is 125 Å². The highest BCUT2D eigenvalue weighted by molar-refractivity contribution is 6.18. The molecule has 0 saturated carbocycles. The molecule has 16 heteroatoms. The maximum absolute atomic E-state index is 5.92. The molecule has 2 saturated heterocycles. The molecule has 81 heavy (non-hydrogen) atoms. The third kappa shape index (κ3) is 8.93. The summed E-state index contributed by atoms with van der Waals surface area (Å²) in [5.41, 5.74) is 15.5. The molecule has 14 rings (SSSR count). The first-order chi connectivity index (χ1) is 39.4. The Hall–Kier alpha value is -8.86. The van der Waals surface area contributed by atoms with Gasteiger partial charge in [-0.15, -0.1) is 0 Å². The molecule has 16 nitrogen and oxygen atoms in total. The van der Waals surface area contributed by atoms with Gasteiger partial charge in [-0.2, -0.15) is 0 Å². The van der Waals surface area contributed by atoms with Gasteiger partial charge in [-0.1, -0.05) is 71.0 Å². The topological polar surface area (TPSA) is 175 Å². The van der Waals surface area contributed by atoms with E-state index >= 15 is 0 Å². The number of hydrogen-bond donors (Lipinski definition) is 3. The Kier molecular flexibility index (Phi) is 13.2. The van der Waals surface area contributed by atoms with Gasteiger partial charge in [-0.05, 0) is 103 Å². The molecule has 0 atom stereocenters. The molecule has 0 radical (unpaired) electrons. The molecule has 2 aliphatic heterocycles. The van der Waals surface area contributed by atoms with E-state index in [-0.39, 0.29) is 0 Å². The normalized spacial score (nSPS) is 14.4. The van der Waals surface area contributed by atoms with Crippen LogP contribution < -0.4 is 24.6 Å². The lowest BCUT2D eigenvalue weighted by Crippen LogP contribution is -2.48. The third-order valence-corrected chi connectivity index (χ3v) is 16.5. The van der Waals surface area contributed by atoms with Gasteiger partial charge in [0.2, 0.25) is 0 Å². The molecular weight excluding hydrogens is 1010 g/mol. The Balaban J connectivity index is 0.000000153. The van der Waals surface area contributed by atoms with Gasteiger partial charge in [0.15, 0.2) is 0 Å². The van der Waals surface area contributed by atoms with E-state index in [2.05, 4.69) is 151 Å². The number of aromatic nitrogens is 8. The number of H-pyrrole nitrogens is 2. The maximum Gasteiger partial charge on any atom is 0.142 e. The second-order valence-electron chi connectivity index (χ2n) is 21.7. The van der Waals surface area contributed by atoms with Crippen LogP contribution >= 0.6 is 0 Å². The van der Waals surface area contributed by atoms with Gasteiger partial charge in [0.1, 0.15) is 46.0 Å². The zero-order chi connectivity index (χ0) is 55.8. The van der Waals surface area contributed by atoms with E-state index < -0.39 is 0 Å². The number of nitrogens with one attached hydrogen (secondary N) is 3. The number of anilines is 2. The minimum atomic E-state index is 0.574. The molecule has 0 spiro atoms. The Morgan fingerprint density at radius 1 is 0.481 bits per heavy atom. The van der Waals surface area contributed by atoms with Crippen molar-refractivity contribution in [2.75, 3.05) is 76.4 Å². The Labute approximate surface area is 469 Å². The van der Waals surface area contributed by atoms with Crippen LogP contribution in [-0.4, -0.2) is 118 Å². The highest BCUT2D eigenvalue weighted by atomic mass is 16.5. The van der Waals surface area contributed by atoms with Crippen molar-refractivity contribution in [3.63, 3.8) is 0 Å². The number of piperazine rings is 2. The summed E-state index contributed by atoms with van der Waals surface area (Å²) in [5.74, 6) is 4.47. The van der Waals surface area contributed by atoms with Crippen molar-refractivity contribution in [1.29, 1.82) is 0 Å². The zero-order valence-electron chi connectivity index (χ0n) is 47.6. The van der Waals surface area contributed by atoms with E-state index in [1.165, 1.54) is 32.9 Å². The average Bonchev–Trinajstić information content (AvgIpc) is 4.39. The molecular formula is C65H66N12O4. The third-order valence-electron chi connectivity index (χ3n) is 16.5. The van der Waals surface area contributed by atoms with Crippen LogP contribution in [0, 0.1) is 41.5 Å². The molecule has 2 fully saturated rings. The first kappa shape index (κ1) is 51.6. The van der Waals surface area contributed by atoms with Crippen LogP contribution in [0.5, 0.6) is 11.5 Å². The Morgan fingerprint density at radius 2 is 0.914 bits per heavy atom. The molecule has 2 aliphatic rings. The van der Waals surface area contributed by atoms with Crippen LogP contribution in [0.4, 0.5) is 11.4 Å². The fourth-order valence-electron chi connectivity index (χ4n) is 12.6. The fourth-order valence-corrected chi connectivity index (χ4v) is 12.6. The van der Waals surface area contributed by atoms with Crippen LogP contribution in [0.15, 0.2) is 106 Å². The largest absolute Gasteiger partial charge is 0.496 e. The highest BCUT2D eigenvalue weighted by Gasteiger charge is 2.27. The smallest absolute Gasteiger partial charge is 0.142 e. The van der Waals surface area contributed by atoms with Crippen LogP contribution in [0.2, 0.25) is 0 Å². The van der Waals surface area contributed by atoms with Crippen LogP contribution in [0.25, 0.3) is 110 Å². The fraction of sp³-hybridized carbons (Fsp3) is 0.292. The van der Waals surface area contributed by atoms with E-state index in [0.29, 0.717) is 6.04 Å². The molecule has 410 valence electrons. The lowest BCUT2D eigenvalue weighted by Gasteiger charge is -2.38. The number of methoxy groups -OCH3 is 2. The first-order valence-electron chi connectivity index (χ1n) is 28.0. The van der Waals surface area contributed by atoms with Gasteiger partial charge in [0.05, 0.1) is 58.9 Å². The number of hydrogen-bond acceptors (Lipinski definition) is 14. The minimum Gasteiger partial charge on any atom is -0.496 e. The standard InChI is InChI=1S/C34H36N6O2.C31H30N6O2/c1-19(2)39-13-15-40(16-14-39)29-12-11-25(23-9-7-8-10-24(23)29)33-32-26-18-30(41-6)27(31-20(3)38-42-21(31)4)17-28(26)37-34(32)36-22(5)35-33;1-17-28(18(2)39-36-17)24-15-25-23(16-27(24)38-4)29-30(33-19(3)34-31(29)35-25)22-9-10-26(37-13-11-32-12-14-37)21-8-6-5-7-20(21)22/h7-12,17-19H,13-16H2,1-6H3,(H,35,36,37);5-10,15-16,32H,11-14H2,1-4H3,(H,33,34,35). The quantitative estimate of drug-likeness (QED) is 0.124. The summed E-state index contributed by atoms with van der Waals surface area (Å²) in [5, 5.41) is 20.6. The number of aromatic amines is 2. The average molecular weight is 1080 g/mol. The van der Waals surface area contributed by atoms with Gasteiger partial charge >= 0.3 is 0 Å². The molecule has 8 heterocycles. The highest BCUT2D eigenvalue weighted by Crippen LogP contribution is 2.46. The molecule has 0 bridgehead atoms. The van der Waals surface area contributed by atoms with Crippen LogP contribution in [-0.2, 0) is 0 Å². The predicted octanol–water partition coefficient (Wildman–Crippen LogP) is 13.0. The van der Waals surface area contributed by atoms with Gasteiger partial charge in [-0.25, -0.2) is 19.9 Å². The van der Waals surface area contributed by atoms with Crippen molar-refractivity contribution in [2.45, 2.75) is 61.4 Å². The number of rotatable bonds is 9. The molecule has 0 amide bonds. The van der Waals surface area contributed by atoms with E-state index in [9.17, 15) is 0 Å². The Morgan fingerprint density at radius 3 is 1.32 bits per heavy atom. The SMILES string of the molecule is COc1cc2c(cc1-c1c(C)noc1C)[nH]c1nc(C)nc(-c3ccc(N4CCN(C(C)C)CC4)c4ccccc34)c12.COc1cc2c(cc1-c1c(C)noc1C)[nH]c1nc(C)nc(-c3ccc(N4CCNCC4)c4ccccc34)c12. The maximum atomic E-state index is 5.92. The summed E-state index contributed by atoms with van der Waals surface area (Å²) >= 11 is 0. The Bertz CT molecular complexity index is 4360. The van der Waals surface area contributed by atoms with Gasteiger partial charge in [-0.3, -0.25) is 4.90 Å². The summed E-state index contributed by atoms with van der Waals surface area (Å²) in [6, 6.07) is 35.3. The van der Waals surface area contributed by atoms with Crippen molar-refractivity contribution in [1.82, 2.24) is 50.4 Å². The lowest BCUT2D eigenvalue weighted by molar-refractivity contribution is 0.209. The summed E-state index contributed by atoms with van der Waals surface area (Å²) < 4.78 is 22.8. The minimum absolute atomic E-state index is 0.574. The zero-order valence-corrected chi connectivity index (χ0v) is 47.6. The van der Waals surface area contributed by atoms with Crippen LogP contribution in [0.3, 0.4) is 0 Å². The summed E-state index contributed by atoms with van der Waals surface area (Å²) in [7, 11) is 3.40. The van der Waals surface area contributed by atoms with Crippen molar-refractivity contribution >= 4 is 76.8 Å². The van der Waals surface area contributed by atoms with E-state index in [1.807, 2.05) is 41.5 Å². The molecule has 0 aliphatic carbocycles. The predicted molar refractivity (Wildman–Crippen MR) is 325 cm³/mol. The first-order valence-corrected chi connectivity index (χ1v) is 28.0. The van der Waals surface area contributed by atoms with E-state index in [0.717, 1.165) is 187 Å². The van der Waals surface area contributed by atoms with Crippen LogP contribution in [0.1, 0.15) is 48.4 Å². The molecule has 3 N–H and O–H groups in total. The van der Waals surface area contributed by atoms with Crippen molar-refractivity contribution in [2.24, 2.45) is 0 Å². The monoisotopic (exact) mass is 1080 g/mol. The van der Waals surface area contributed by atoms with Crippen molar-refractivity contribution in [3.8, 4) is 56.3 Å². The van der Waals surface area contributed by atoms with E-state index in [1.54, 1.807) is 14.2 Å². The number of aryl methyl sites for hydroxylation is 6. The molecule has 12 aromatic rings. The molecule has 6 aromatic heterocycles. The lowest BCUT2D eigenvalue weighted by atomic mass is 9.96. The van der Waals surface area contributed by atoms with Gasteiger partial charge < -0.3 is 43.6 Å². The number of nitrogens with zero attached hydrogens (tertiary/aromatic N) is 9. The number of benzene rings is 6. The van der Waals surface area contributed by atoms with E-state index in [4.69, 9.17) is 38.5 Å². The molecule has 0 unspecified atom stereocenters. The number of fused-ring (bicyclic) bond motifs is 8. The number of ether oxygens (including phenoxy) is 2. The summed E-state index contributed by atoms with van der Waals surface area (Å²) in [4.78, 5) is 34.4. The second-order valence-corrected chi connectivity index (χ2v) is 21.7. The summed E-state index contributed by atoms with van der Waals surface area (Å²) in [6.07, 6.45) is 0.